The molecule has 1 aliphatic heterocycles. The molecule has 0 radical (unpaired) electrons. The number of hydrogen-bond donors (Lipinski definition) is 1. The van der Waals surface area contributed by atoms with Crippen LogP contribution in [0.5, 0.6) is 5.75 Å². The number of halogens is 1. The summed E-state index contributed by atoms with van der Waals surface area (Å²) >= 11 is 5.91. The van der Waals surface area contributed by atoms with Gasteiger partial charge in [-0.15, -0.1) is 0 Å². The van der Waals surface area contributed by atoms with Gasteiger partial charge < -0.3 is 10.1 Å². The van der Waals surface area contributed by atoms with Crippen LogP contribution in [0.25, 0.3) is 0 Å². The molecular weight excluding hydrogens is 398 g/mol. The SMILES string of the molecule is C[C@H](NC(=O)[C@@H](C)N1CCN(CCOc2ccc(Cl)cc2)CC1)[C@@H]1C[C@H]2CC[C@H]1C2. The van der Waals surface area contributed by atoms with Crippen LogP contribution in [0.1, 0.15) is 39.5 Å². The zero-order valence-corrected chi connectivity index (χ0v) is 19.1. The van der Waals surface area contributed by atoms with Crippen molar-refractivity contribution in [3.8, 4) is 5.75 Å². The molecule has 166 valence electrons. The molecule has 5 nitrogen and oxygen atoms in total. The lowest BCUT2D eigenvalue weighted by atomic mass is 9.84. The van der Waals surface area contributed by atoms with Gasteiger partial charge in [0.05, 0.1) is 6.04 Å². The molecule has 1 aromatic carbocycles. The number of nitrogens with one attached hydrogen (secondary N) is 1. The van der Waals surface area contributed by atoms with Gasteiger partial charge in [-0.3, -0.25) is 14.6 Å². The predicted octanol–water partition coefficient (Wildman–Crippen LogP) is 3.67. The van der Waals surface area contributed by atoms with Crippen molar-refractivity contribution in [2.24, 2.45) is 17.8 Å². The summed E-state index contributed by atoms with van der Waals surface area (Å²) in [5.41, 5.74) is 0. The Morgan fingerprint density at radius 1 is 1.13 bits per heavy atom. The summed E-state index contributed by atoms with van der Waals surface area (Å²) in [4.78, 5) is 17.6. The van der Waals surface area contributed by atoms with E-state index < -0.39 is 0 Å². The number of amides is 1. The van der Waals surface area contributed by atoms with E-state index in [2.05, 4.69) is 29.0 Å². The molecular formula is C24H36ClN3O2. The van der Waals surface area contributed by atoms with Crippen LogP contribution in [-0.4, -0.2) is 67.1 Å². The number of fused-ring (bicyclic) bond motifs is 2. The van der Waals surface area contributed by atoms with Crippen molar-refractivity contribution in [2.75, 3.05) is 39.3 Å². The lowest BCUT2D eigenvalue weighted by Crippen LogP contribution is -2.55. The number of piperazine rings is 1. The predicted molar refractivity (Wildman–Crippen MR) is 121 cm³/mol. The molecule has 2 bridgehead atoms. The highest BCUT2D eigenvalue weighted by atomic mass is 35.5. The minimum Gasteiger partial charge on any atom is -0.492 e. The van der Waals surface area contributed by atoms with E-state index in [1.807, 2.05) is 24.3 Å². The van der Waals surface area contributed by atoms with Gasteiger partial charge in [0, 0.05) is 43.8 Å². The molecule has 6 heteroatoms. The van der Waals surface area contributed by atoms with Crippen molar-refractivity contribution in [1.29, 1.82) is 0 Å². The Balaban J connectivity index is 1.15. The van der Waals surface area contributed by atoms with Gasteiger partial charge in [-0.05, 0) is 75.1 Å². The first-order valence-corrected chi connectivity index (χ1v) is 12.0. The average Bonchev–Trinajstić information content (AvgIpc) is 3.39. The maximum atomic E-state index is 12.9. The zero-order chi connectivity index (χ0) is 21.1. The topological polar surface area (TPSA) is 44.8 Å². The summed E-state index contributed by atoms with van der Waals surface area (Å²) in [6, 6.07) is 7.75. The van der Waals surface area contributed by atoms with Crippen LogP contribution >= 0.6 is 11.6 Å². The van der Waals surface area contributed by atoms with Crippen molar-refractivity contribution < 1.29 is 9.53 Å². The number of benzene rings is 1. The number of carbonyl (C=O) groups is 1. The Labute approximate surface area is 186 Å². The van der Waals surface area contributed by atoms with Gasteiger partial charge in [0.1, 0.15) is 12.4 Å². The van der Waals surface area contributed by atoms with Gasteiger partial charge in [0.25, 0.3) is 0 Å². The molecule has 1 saturated heterocycles. The summed E-state index contributed by atoms with van der Waals surface area (Å²) in [5, 5.41) is 4.07. The molecule has 0 unspecified atom stereocenters. The van der Waals surface area contributed by atoms with Gasteiger partial charge in [-0.2, -0.15) is 0 Å². The van der Waals surface area contributed by atoms with E-state index in [-0.39, 0.29) is 11.9 Å². The highest BCUT2D eigenvalue weighted by Gasteiger charge is 2.42. The highest BCUT2D eigenvalue weighted by Crippen LogP contribution is 2.49. The molecule has 2 aliphatic carbocycles. The number of carbonyl (C=O) groups excluding carboxylic acids is 1. The fraction of sp³-hybridized carbons (Fsp3) is 0.708. The molecule has 2 saturated carbocycles. The summed E-state index contributed by atoms with van der Waals surface area (Å²) in [7, 11) is 0. The highest BCUT2D eigenvalue weighted by molar-refractivity contribution is 6.30. The largest absolute Gasteiger partial charge is 0.492 e. The minimum absolute atomic E-state index is 0.0569. The van der Waals surface area contributed by atoms with Crippen LogP contribution in [0.15, 0.2) is 24.3 Å². The Hall–Kier alpha value is -1.30. The van der Waals surface area contributed by atoms with Gasteiger partial charge in [0.2, 0.25) is 5.91 Å². The van der Waals surface area contributed by atoms with Crippen LogP contribution in [0.2, 0.25) is 5.02 Å². The standard InChI is InChI=1S/C24H36ClN3O2/c1-17(23-16-19-3-4-20(23)15-19)26-24(29)18(2)28-11-9-27(10-12-28)13-14-30-22-7-5-21(25)6-8-22/h5-8,17-20,23H,3-4,9-16H2,1-2H3,(H,26,29)/t17-,18+,19-,20-,23-/m0/s1. The van der Waals surface area contributed by atoms with E-state index in [4.69, 9.17) is 16.3 Å². The Kier molecular flexibility index (Phi) is 7.22. The van der Waals surface area contributed by atoms with Crippen molar-refractivity contribution >= 4 is 17.5 Å². The molecule has 1 amide bonds. The average molecular weight is 434 g/mol. The van der Waals surface area contributed by atoms with Gasteiger partial charge in [-0.25, -0.2) is 0 Å². The number of rotatable bonds is 8. The Morgan fingerprint density at radius 2 is 1.87 bits per heavy atom. The second-order valence-electron chi connectivity index (χ2n) is 9.49. The van der Waals surface area contributed by atoms with Crippen molar-refractivity contribution in [1.82, 2.24) is 15.1 Å². The van der Waals surface area contributed by atoms with Gasteiger partial charge >= 0.3 is 0 Å². The van der Waals surface area contributed by atoms with Crippen LogP contribution < -0.4 is 10.1 Å². The molecule has 1 N–H and O–H groups in total. The first-order chi connectivity index (χ1) is 14.5. The Bertz CT molecular complexity index is 705. The van der Waals surface area contributed by atoms with Gasteiger partial charge in [-0.1, -0.05) is 18.0 Å². The maximum Gasteiger partial charge on any atom is 0.237 e. The molecule has 1 aromatic rings. The molecule has 0 spiro atoms. The molecule has 3 fully saturated rings. The fourth-order valence-electron chi connectivity index (χ4n) is 5.72. The Morgan fingerprint density at radius 3 is 2.50 bits per heavy atom. The fourth-order valence-corrected chi connectivity index (χ4v) is 5.85. The molecule has 30 heavy (non-hydrogen) atoms. The third-order valence-electron chi connectivity index (χ3n) is 7.63. The number of ether oxygens (including phenoxy) is 1. The minimum atomic E-state index is -0.0569. The van der Waals surface area contributed by atoms with Crippen LogP contribution in [0, 0.1) is 17.8 Å². The molecule has 3 aliphatic rings. The van der Waals surface area contributed by atoms with Crippen molar-refractivity contribution in [3.05, 3.63) is 29.3 Å². The quantitative estimate of drug-likeness (QED) is 0.679. The third kappa shape index (κ3) is 5.30. The van der Waals surface area contributed by atoms with Crippen molar-refractivity contribution in [3.63, 3.8) is 0 Å². The number of nitrogens with zero attached hydrogens (tertiary/aromatic N) is 2. The smallest absolute Gasteiger partial charge is 0.237 e. The number of hydrogen-bond acceptors (Lipinski definition) is 4. The van der Waals surface area contributed by atoms with E-state index in [0.29, 0.717) is 18.6 Å². The monoisotopic (exact) mass is 433 g/mol. The first-order valence-electron chi connectivity index (χ1n) is 11.6. The van der Waals surface area contributed by atoms with E-state index >= 15 is 0 Å². The lowest BCUT2D eigenvalue weighted by molar-refractivity contribution is -0.127. The van der Waals surface area contributed by atoms with Crippen LogP contribution in [0.3, 0.4) is 0 Å². The molecule has 0 aromatic heterocycles. The van der Waals surface area contributed by atoms with E-state index in [9.17, 15) is 4.79 Å². The summed E-state index contributed by atoms with van der Waals surface area (Å²) in [6.07, 6.45) is 5.49. The second kappa shape index (κ2) is 9.88. The summed E-state index contributed by atoms with van der Waals surface area (Å²) < 4.78 is 5.81. The first kappa shape index (κ1) is 21.9. The van der Waals surface area contributed by atoms with Gasteiger partial charge in [0.15, 0.2) is 0 Å². The van der Waals surface area contributed by atoms with E-state index in [0.717, 1.165) is 55.3 Å². The van der Waals surface area contributed by atoms with Crippen molar-refractivity contribution in [2.45, 2.75) is 51.6 Å². The maximum absolute atomic E-state index is 12.9. The van der Waals surface area contributed by atoms with Crippen LogP contribution in [0.4, 0.5) is 0 Å². The third-order valence-corrected chi connectivity index (χ3v) is 7.88. The zero-order valence-electron chi connectivity index (χ0n) is 18.4. The normalized spacial score (nSPS) is 29.0. The summed E-state index contributed by atoms with van der Waals surface area (Å²) in [5.74, 6) is 3.52. The molecule has 1 heterocycles. The molecule has 5 atom stereocenters. The van der Waals surface area contributed by atoms with E-state index in [1.54, 1.807) is 0 Å². The lowest BCUT2D eigenvalue weighted by Gasteiger charge is -2.38. The second-order valence-corrected chi connectivity index (χ2v) is 9.93. The summed E-state index contributed by atoms with van der Waals surface area (Å²) in [6.45, 7) is 9.65. The molecule has 4 rings (SSSR count). The van der Waals surface area contributed by atoms with E-state index in [1.165, 1.54) is 25.7 Å². The van der Waals surface area contributed by atoms with Crippen LogP contribution in [-0.2, 0) is 4.79 Å².